The number of ether oxygens (including phenoxy) is 2. The number of benzene rings is 1. The van der Waals surface area contributed by atoms with Crippen LogP contribution in [-0.4, -0.2) is 19.4 Å². The average molecular weight is 234 g/mol. The lowest BCUT2D eigenvalue weighted by Gasteiger charge is -2.08. The van der Waals surface area contributed by atoms with Crippen LogP contribution in [0.2, 0.25) is 0 Å². The Morgan fingerprint density at radius 2 is 2.12 bits per heavy atom. The second-order valence-electron chi connectivity index (χ2n) is 3.45. The van der Waals surface area contributed by atoms with Gasteiger partial charge in [0.25, 0.3) is 0 Å². The summed E-state index contributed by atoms with van der Waals surface area (Å²) in [7, 11) is 3.21. The lowest BCUT2D eigenvalue weighted by Crippen LogP contribution is -1.97. The van der Waals surface area contributed by atoms with E-state index in [4.69, 9.17) is 19.7 Å². The Bertz CT molecular complexity index is 508. The highest BCUT2D eigenvalue weighted by Crippen LogP contribution is 2.35. The average Bonchev–Trinajstić information content (AvgIpc) is 2.86. The minimum atomic E-state index is 0.360. The molecule has 0 fully saturated rings. The molecule has 0 unspecified atom stereocenters. The summed E-state index contributed by atoms with van der Waals surface area (Å²) >= 11 is 0. The zero-order chi connectivity index (χ0) is 12.3. The molecule has 17 heavy (non-hydrogen) atoms. The number of nitrogens with zero attached hydrogens (tertiary/aromatic N) is 1. The van der Waals surface area contributed by atoms with Crippen LogP contribution in [0.5, 0.6) is 11.5 Å². The number of aromatic nitrogens is 1. The van der Waals surface area contributed by atoms with Gasteiger partial charge in [-0.2, -0.15) is 0 Å². The van der Waals surface area contributed by atoms with Crippen molar-refractivity contribution in [1.82, 2.24) is 5.16 Å². The number of nitrogens with two attached hydrogens (primary N) is 1. The van der Waals surface area contributed by atoms with Gasteiger partial charge < -0.3 is 19.7 Å². The van der Waals surface area contributed by atoms with E-state index < -0.39 is 0 Å². The molecule has 0 amide bonds. The zero-order valence-electron chi connectivity index (χ0n) is 9.77. The molecule has 0 bridgehead atoms. The molecule has 0 atom stereocenters. The first-order valence-corrected chi connectivity index (χ1v) is 5.16. The summed E-state index contributed by atoms with van der Waals surface area (Å²) in [4.78, 5) is 0. The molecule has 0 saturated heterocycles. The number of rotatable bonds is 4. The molecule has 5 heteroatoms. The molecule has 2 rings (SSSR count). The van der Waals surface area contributed by atoms with Crippen molar-refractivity contribution in [2.75, 3.05) is 14.2 Å². The fourth-order valence-corrected chi connectivity index (χ4v) is 1.62. The van der Waals surface area contributed by atoms with Crippen LogP contribution in [0.25, 0.3) is 11.3 Å². The van der Waals surface area contributed by atoms with Crippen molar-refractivity contribution in [2.45, 2.75) is 6.54 Å². The molecule has 0 saturated carbocycles. The third-order valence-electron chi connectivity index (χ3n) is 2.52. The standard InChI is InChI=1S/C12H14N2O3/c1-15-9-3-4-11(16-2)10(5-9)12-8(6-13)7-14-17-12/h3-5,7H,6,13H2,1-2H3. The number of hydrogen-bond acceptors (Lipinski definition) is 5. The van der Waals surface area contributed by atoms with E-state index in [2.05, 4.69) is 5.16 Å². The Balaban J connectivity index is 2.56. The van der Waals surface area contributed by atoms with Gasteiger partial charge in [0.05, 0.1) is 26.0 Å². The van der Waals surface area contributed by atoms with Gasteiger partial charge in [0.2, 0.25) is 0 Å². The van der Waals surface area contributed by atoms with Gasteiger partial charge in [0.15, 0.2) is 5.76 Å². The minimum absolute atomic E-state index is 0.360. The molecule has 0 aliphatic rings. The SMILES string of the molecule is COc1ccc(OC)c(-c2oncc2CN)c1. The summed E-state index contributed by atoms with van der Waals surface area (Å²) in [6.07, 6.45) is 1.61. The Kier molecular flexibility index (Phi) is 3.30. The summed E-state index contributed by atoms with van der Waals surface area (Å²) in [5.41, 5.74) is 7.23. The molecule has 2 N–H and O–H groups in total. The third kappa shape index (κ3) is 2.09. The number of methoxy groups -OCH3 is 2. The van der Waals surface area contributed by atoms with E-state index >= 15 is 0 Å². The van der Waals surface area contributed by atoms with Crippen molar-refractivity contribution in [2.24, 2.45) is 5.73 Å². The molecule has 1 aromatic heterocycles. The van der Waals surface area contributed by atoms with Crippen molar-refractivity contribution >= 4 is 0 Å². The van der Waals surface area contributed by atoms with Crippen molar-refractivity contribution in [3.63, 3.8) is 0 Å². The first kappa shape index (κ1) is 11.5. The maximum Gasteiger partial charge on any atom is 0.175 e. The van der Waals surface area contributed by atoms with Crippen LogP contribution in [0, 0.1) is 0 Å². The predicted molar refractivity (Wildman–Crippen MR) is 62.9 cm³/mol. The van der Waals surface area contributed by atoms with Crippen molar-refractivity contribution in [3.8, 4) is 22.8 Å². The molecule has 2 aromatic rings. The Morgan fingerprint density at radius 3 is 2.76 bits per heavy atom. The summed E-state index contributed by atoms with van der Waals surface area (Å²) in [6, 6.07) is 5.47. The first-order chi connectivity index (χ1) is 8.30. The molecule has 1 heterocycles. The van der Waals surface area contributed by atoms with Gasteiger partial charge in [-0.3, -0.25) is 0 Å². The summed E-state index contributed by atoms with van der Waals surface area (Å²) in [5.74, 6) is 2.03. The van der Waals surface area contributed by atoms with Crippen LogP contribution in [0.1, 0.15) is 5.56 Å². The summed E-state index contributed by atoms with van der Waals surface area (Å²) < 4.78 is 15.7. The van der Waals surface area contributed by atoms with Crippen LogP contribution >= 0.6 is 0 Å². The lowest BCUT2D eigenvalue weighted by atomic mass is 10.1. The van der Waals surface area contributed by atoms with Crippen LogP contribution in [0.3, 0.4) is 0 Å². The molecule has 5 nitrogen and oxygen atoms in total. The third-order valence-corrected chi connectivity index (χ3v) is 2.52. The monoisotopic (exact) mass is 234 g/mol. The fourth-order valence-electron chi connectivity index (χ4n) is 1.62. The predicted octanol–water partition coefficient (Wildman–Crippen LogP) is 1.82. The maximum absolute atomic E-state index is 5.62. The lowest BCUT2D eigenvalue weighted by molar-refractivity contribution is 0.397. The second kappa shape index (κ2) is 4.88. The molecular weight excluding hydrogens is 220 g/mol. The molecule has 0 radical (unpaired) electrons. The minimum Gasteiger partial charge on any atom is -0.497 e. The summed E-state index contributed by atoms with van der Waals surface area (Å²) in [6.45, 7) is 0.360. The fraction of sp³-hybridized carbons (Fsp3) is 0.250. The van der Waals surface area contributed by atoms with Crippen molar-refractivity contribution < 1.29 is 14.0 Å². The second-order valence-corrected chi connectivity index (χ2v) is 3.45. The van der Waals surface area contributed by atoms with Gasteiger partial charge in [0, 0.05) is 12.1 Å². The molecule has 0 aliphatic heterocycles. The van der Waals surface area contributed by atoms with E-state index in [0.29, 0.717) is 18.1 Å². The highest BCUT2D eigenvalue weighted by Gasteiger charge is 2.15. The maximum atomic E-state index is 5.62. The first-order valence-electron chi connectivity index (χ1n) is 5.16. The largest absolute Gasteiger partial charge is 0.497 e. The Labute approximate surface area is 99.1 Å². The topological polar surface area (TPSA) is 70.5 Å². The zero-order valence-corrected chi connectivity index (χ0v) is 9.77. The Morgan fingerprint density at radius 1 is 1.29 bits per heavy atom. The molecule has 0 aliphatic carbocycles. The van der Waals surface area contributed by atoms with Crippen LogP contribution < -0.4 is 15.2 Å². The van der Waals surface area contributed by atoms with E-state index in [1.165, 1.54) is 0 Å². The highest BCUT2D eigenvalue weighted by molar-refractivity contribution is 5.70. The number of hydrogen-bond donors (Lipinski definition) is 1. The van der Waals surface area contributed by atoms with E-state index in [9.17, 15) is 0 Å². The van der Waals surface area contributed by atoms with E-state index in [1.807, 2.05) is 18.2 Å². The van der Waals surface area contributed by atoms with E-state index in [1.54, 1.807) is 20.4 Å². The van der Waals surface area contributed by atoms with Gasteiger partial charge in [-0.15, -0.1) is 0 Å². The van der Waals surface area contributed by atoms with Gasteiger partial charge in [-0.05, 0) is 18.2 Å². The van der Waals surface area contributed by atoms with E-state index in [-0.39, 0.29) is 0 Å². The molecule has 90 valence electrons. The van der Waals surface area contributed by atoms with Crippen molar-refractivity contribution in [1.29, 1.82) is 0 Å². The highest BCUT2D eigenvalue weighted by atomic mass is 16.5. The molecule has 0 spiro atoms. The van der Waals surface area contributed by atoms with Crippen LogP contribution in [0.15, 0.2) is 28.9 Å². The van der Waals surface area contributed by atoms with Gasteiger partial charge in [-0.1, -0.05) is 5.16 Å². The summed E-state index contributed by atoms with van der Waals surface area (Å²) in [5, 5.41) is 3.75. The van der Waals surface area contributed by atoms with Gasteiger partial charge in [-0.25, -0.2) is 0 Å². The van der Waals surface area contributed by atoms with Crippen LogP contribution in [-0.2, 0) is 6.54 Å². The van der Waals surface area contributed by atoms with Gasteiger partial charge >= 0.3 is 0 Å². The van der Waals surface area contributed by atoms with Gasteiger partial charge in [0.1, 0.15) is 11.5 Å². The van der Waals surface area contributed by atoms with Crippen molar-refractivity contribution in [3.05, 3.63) is 30.0 Å². The smallest absolute Gasteiger partial charge is 0.175 e. The normalized spacial score (nSPS) is 10.3. The molecule has 1 aromatic carbocycles. The Hall–Kier alpha value is -2.01. The van der Waals surface area contributed by atoms with E-state index in [0.717, 1.165) is 16.9 Å². The quantitative estimate of drug-likeness (QED) is 0.873. The van der Waals surface area contributed by atoms with Crippen LogP contribution in [0.4, 0.5) is 0 Å². The molecular formula is C12H14N2O3.